The number of allylic oxidation sites excluding steroid dienone is 2. The van der Waals surface area contributed by atoms with Crippen molar-refractivity contribution >= 4 is 5.97 Å². The van der Waals surface area contributed by atoms with Crippen molar-refractivity contribution in [2.24, 2.45) is 62.4 Å². The Morgan fingerprint density at radius 2 is 1.53 bits per heavy atom. The molecular formula is C34H59NO8. The summed E-state index contributed by atoms with van der Waals surface area (Å²) in [5.74, 6) is 0.828. The first kappa shape index (κ1) is 34.8. The van der Waals surface area contributed by atoms with E-state index in [9.17, 15) is 25.2 Å². The van der Waals surface area contributed by atoms with Crippen LogP contribution in [0.5, 0.6) is 0 Å². The van der Waals surface area contributed by atoms with Crippen LogP contribution in [0.25, 0.3) is 0 Å². The number of aliphatic hydroxyl groups excluding tert-OH is 6. The number of carboxylic acid groups (broad SMARTS) is 1. The van der Waals surface area contributed by atoms with Crippen molar-refractivity contribution in [3.05, 3.63) is 11.6 Å². The second-order valence-electron chi connectivity index (χ2n) is 16.3. The lowest BCUT2D eigenvalue weighted by atomic mass is 9.33. The second kappa shape index (κ2) is 11.6. The monoisotopic (exact) mass is 609 g/mol. The molecule has 4 fully saturated rings. The molecule has 5 aliphatic carbocycles. The zero-order valence-corrected chi connectivity index (χ0v) is 27.2. The van der Waals surface area contributed by atoms with Gasteiger partial charge in [-0.05, 0) is 97.2 Å². The van der Waals surface area contributed by atoms with Crippen LogP contribution in [0, 0.1) is 56.7 Å². The molecule has 0 aromatic rings. The van der Waals surface area contributed by atoms with Crippen LogP contribution in [0.1, 0.15) is 92.9 Å². The molecule has 0 radical (unpaired) electrons. The van der Waals surface area contributed by atoms with Crippen LogP contribution in [0.3, 0.4) is 0 Å². The van der Waals surface area contributed by atoms with Crippen molar-refractivity contribution in [3.63, 3.8) is 0 Å². The first-order valence-electron chi connectivity index (χ1n) is 16.4. The van der Waals surface area contributed by atoms with Crippen LogP contribution in [0.4, 0.5) is 0 Å². The summed E-state index contributed by atoms with van der Waals surface area (Å²) in [6.07, 6.45) is 7.51. The fraction of sp³-hybridized carbons (Fsp3) is 0.912. The number of carbonyl (C=O) groups is 1. The molecule has 9 heteroatoms. The third kappa shape index (κ3) is 4.86. The van der Waals surface area contributed by atoms with Crippen LogP contribution >= 0.6 is 0 Å². The molecule has 5 aliphatic rings. The number of hydrogen-bond donors (Lipinski definition) is 8. The van der Waals surface area contributed by atoms with Crippen molar-refractivity contribution in [1.29, 1.82) is 0 Å². The predicted octanol–water partition coefficient (Wildman–Crippen LogP) is 2.69. The van der Waals surface area contributed by atoms with Crippen molar-refractivity contribution in [2.45, 2.75) is 111 Å². The number of nitrogens with two attached hydrogens (primary N) is 1. The molecule has 0 amide bonds. The van der Waals surface area contributed by atoms with Gasteiger partial charge in [-0.2, -0.15) is 0 Å². The standard InChI is InChI=1S/C30H48O5.C4H11NO3/c1-17-9-12-30(25(34)35)14-13-28(5)19(23(30)18(17)2)7-8-22-26(3)15-20(32)24(33)27(4,16-31)21(26)10-11-29(22,28)6;5-4(1-6,2-7)3-8/h7,17-18,20-24,31-33H,8-16H2,1-6H3,(H,34,35);6-8H,1-3,5H2/t17-,18+,20-,21-,22-,23+,24+,26+,27+,28-,29-,30+;/m1./s1. The Labute approximate surface area is 257 Å². The van der Waals surface area contributed by atoms with Gasteiger partial charge in [0.2, 0.25) is 0 Å². The van der Waals surface area contributed by atoms with E-state index in [1.165, 1.54) is 5.57 Å². The highest BCUT2D eigenvalue weighted by Gasteiger charge is 2.70. The summed E-state index contributed by atoms with van der Waals surface area (Å²) in [5.41, 5.74) is 3.72. The normalized spacial score (nSPS) is 49.2. The van der Waals surface area contributed by atoms with Crippen molar-refractivity contribution in [2.75, 3.05) is 26.4 Å². The lowest BCUT2D eigenvalue weighted by Gasteiger charge is -2.71. The lowest BCUT2D eigenvalue weighted by molar-refractivity contribution is -0.244. The number of aliphatic carboxylic acids is 1. The third-order valence-electron chi connectivity index (χ3n) is 14.5. The fourth-order valence-electron chi connectivity index (χ4n) is 11.2. The highest BCUT2D eigenvalue weighted by atomic mass is 16.4. The minimum absolute atomic E-state index is 0.00815. The molecule has 0 saturated heterocycles. The SMILES string of the molecule is C[C@H]1[C@H](C)CC[C@]2(C(=O)O)CC[C@]3(C)C(=CC[C@@H]4[C@@]5(C)C[C@@H](O)[C@H](O)[C@@](C)(CO)[C@@H]5CC[C@]43C)[C@H]12.NC(CO)(CO)CO. The van der Waals surface area contributed by atoms with Gasteiger partial charge in [0.15, 0.2) is 0 Å². The van der Waals surface area contributed by atoms with E-state index in [0.29, 0.717) is 24.2 Å². The molecule has 0 heterocycles. The molecule has 0 aromatic heterocycles. The van der Waals surface area contributed by atoms with Gasteiger partial charge in [0.1, 0.15) is 0 Å². The molecule has 9 nitrogen and oxygen atoms in total. The van der Waals surface area contributed by atoms with E-state index in [1.807, 2.05) is 6.92 Å². The van der Waals surface area contributed by atoms with Crippen molar-refractivity contribution in [1.82, 2.24) is 0 Å². The van der Waals surface area contributed by atoms with Gasteiger partial charge in [0.25, 0.3) is 0 Å². The van der Waals surface area contributed by atoms with Crippen LogP contribution in [0.15, 0.2) is 11.6 Å². The van der Waals surface area contributed by atoms with Crippen LogP contribution < -0.4 is 5.73 Å². The molecule has 4 saturated carbocycles. The molecular weight excluding hydrogens is 550 g/mol. The van der Waals surface area contributed by atoms with E-state index >= 15 is 0 Å². The minimum atomic E-state index is -1.21. The van der Waals surface area contributed by atoms with Crippen molar-refractivity contribution in [3.8, 4) is 0 Å². The van der Waals surface area contributed by atoms with E-state index in [4.69, 9.17) is 21.1 Å². The van der Waals surface area contributed by atoms with Gasteiger partial charge < -0.3 is 41.5 Å². The maximum atomic E-state index is 12.8. The summed E-state index contributed by atoms with van der Waals surface area (Å²) < 4.78 is 0. The zero-order valence-electron chi connectivity index (χ0n) is 27.2. The highest BCUT2D eigenvalue weighted by Crippen LogP contribution is 2.75. The maximum Gasteiger partial charge on any atom is 0.310 e. The molecule has 9 N–H and O–H groups in total. The first-order chi connectivity index (χ1) is 19.9. The summed E-state index contributed by atoms with van der Waals surface area (Å²) >= 11 is 0. The Kier molecular flexibility index (Phi) is 9.41. The average Bonchev–Trinajstić information content (AvgIpc) is 2.97. The number of rotatable bonds is 5. The summed E-state index contributed by atoms with van der Waals surface area (Å²) in [6.45, 7) is 12.4. The van der Waals surface area contributed by atoms with E-state index in [2.05, 4.69) is 40.7 Å². The van der Waals surface area contributed by atoms with E-state index in [-0.39, 0.29) is 34.7 Å². The molecule has 0 bridgehead atoms. The molecule has 12 atom stereocenters. The Bertz CT molecular complexity index is 1070. The van der Waals surface area contributed by atoms with E-state index in [0.717, 1.165) is 44.9 Å². The minimum Gasteiger partial charge on any atom is -0.481 e. The fourth-order valence-corrected chi connectivity index (χ4v) is 11.2. The van der Waals surface area contributed by atoms with Crippen molar-refractivity contribution < 1.29 is 40.5 Å². The molecule has 0 unspecified atom stereocenters. The molecule has 5 rings (SSSR count). The van der Waals surface area contributed by atoms with Gasteiger partial charge in [-0.3, -0.25) is 4.79 Å². The maximum absolute atomic E-state index is 12.8. The van der Waals surface area contributed by atoms with E-state index < -0.39 is 54.4 Å². The van der Waals surface area contributed by atoms with Gasteiger partial charge >= 0.3 is 5.97 Å². The summed E-state index contributed by atoms with van der Waals surface area (Å²) in [7, 11) is 0. The summed E-state index contributed by atoms with van der Waals surface area (Å²) in [5, 5.41) is 67.9. The molecule has 43 heavy (non-hydrogen) atoms. The molecule has 248 valence electrons. The quantitative estimate of drug-likeness (QED) is 0.217. The summed E-state index contributed by atoms with van der Waals surface area (Å²) in [4.78, 5) is 12.8. The van der Waals surface area contributed by atoms with Crippen LogP contribution in [0.2, 0.25) is 0 Å². The van der Waals surface area contributed by atoms with Gasteiger partial charge in [0.05, 0.1) is 49.6 Å². The Morgan fingerprint density at radius 1 is 0.930 bits per heavy atom. The molecule has 0 aromatic carbocycles. The largest absolute Gasteiger partial charge is 0.481 e. The topological polar surface area (TPSA) is 185 Å². The Hall–Kier alpha value is -1.07. The second-order valence-corrected chi connectivity index (χ2v) is 16.3. The number of carboxylic acids is 1. The first-order valence-corrected chi connectivity index (χ1v) is 16.4. The van der Waals surface area contributed by atoms with Crippen LogP contribution in [-0.4, -0.2) is 85.9 Å². The number of aliphatic hydroxyl groups is 6. The third-order valence-corrected chi connectivity index (χ3v) is 14.5. The van der Waals surface area contributed by atoms with Gasteiger partial charge in [-0.15, -0.1) is 0 Å². The van der Waals surface area contributed by atoms with Gasteiger partial charge in [-0.25, -0.2) is 0 Å². The average molecular weight is 610 g/mol. The Balaban J connectivity index is 0.000000467. The predicted molar refractivity (Wildman–Crippen MR) is 164 cm³/mol. The van der Waals surface area contributed by atoms with E-state index in [1.54, 1.807) is 0 Å². The lowest BCUT2D eigenvalue weighted by Crippen LogP contribution is -2.68. The zero-order chi connectivity index (χ0) is 32.4. The molecule has 0 spiro atoms. The Morgan fingerprint density at radius 3 is 2.05 bits per heavy atom. The van der Waals surface area contributed by atoms with Crippen LogP contribution in [-0.2, 0) is 4.79 Å². The highest BCUT2D eigenvalue weighted by molar-refractivity contribution is 5.76. The molecule has 0 aliphatic heterocycles. The van der Waals surface area contributed by atoms with Gasteiger partial charge in [-0.1, -0.05) is 53.2 Å². The smallest absolute Gasteiger partial charge is 0.310 e. The number of fused-ring (bicyclic) bond motifs is 7. The number of hydrogen-bond acceptors (Lipinski definition) is 8. The van der Waals surface area contributed by atoms with Gasteiger partial charge in [0, 0.05) is 5.41 Å². The summed E-state index contributed by atoms with van der Waals surface area (Å²) in [6, 6.07) is 0.